The maximum absolute atomic E-state index is 10.8. The molecule has 6 atom stereocenters. The van der Waals surface area contributed by atoms with Gasteiger partial charge in [-0.3, -0.25) is 0 Å². The number of fused-ring (bicyclic) bond motifs is 1. The van der Waals surface area contributed by atoms with Crippen LogP contribution in [0.4, 0.5) is 5.82 Å². The summed E-state index contributed by atoms with van der Waals surface area (Å²) in [6.07, 6.45) is 0.504. The molecule has 4 N–H and O–H groups in total. The molecule has 2 heterocycles. The van der Waals surface area contributed by atoms with Gasteiger partial charge in [0, 0.05) is 23.6 Å². The summed E-state index contributed by atoms with van der Waals surface area (Å²) < 4.78 is 7.04. The zero-order valence-corrected chi connectivity index (χ0v) is 20.5. The monoisotopic (exact) mass is 500 g/mol. The van der Waals surface area contributed by atoms with Crippen molar-refractivity contribution in [2.24, 2.45) is 5.92 Å². The summed E-state index contributed by atoms with van der Waals surface area (Å²) in [5.74, 6) is 1.69. The fraction of sp³-hybridized carbons (Fsp3) is 0.583. The maximum Gasteiger partial charge on any atom is 0.191 e. The van der Waals surface area contributed by atoms with Crippen molar-refractivity contribution in [3.05, 3.63) is 35.9 Å². The number of nitrogens with one attached hydrogen (secondary N) is 1. The second-order valence-corrected chi connectivity index (χ2v) is 10.3. The van der Waals surface area contributed by atoms with Crippen LogP contribution in [-0.4, -0.2) is 84.1 Å². The van der Waals surface area contributed by atoms with E-state index >= 15 is 0 Å². The number of aliphatic hydroxyl groups excluding tert-OH is 3. The lowest BCUT2D eigenvalue weighted by Gasteiger charge is -2.17. The minimum absolute atomic E-state index is 0.0838. The lowest BCUT2D eigenvalue weighted by Crippen LogP contribution is -2.31. The van der Waals surface area contributed by atoms with E-state index in [9.17, 15) is 10.2 Å². The fourth-order valence-electron chi connectivity index (χ4n) is 4.80. The number of aliphatic hydroxyl groups is 3. The lowest BCUT2D eigenvalue weighted by molar-refractivity contribution is -0.0199. The van der Waals surface area contributed by atoms with Crippen molar-refractivity contribution in [3.8, 4) is 0 Å². The number of hydrogen-bond donors (Lipinski definition) is 4. The van der Waals surface area contributed by atoms with E-state index in [1.807, 2.05) is 6.07 Å². The molecule has 11 heteroatoms. The SMILES string of the molecule is CCCSc1nc(NC2CC2c2ccccc2)c2nnn(C3CC(COCCO)C(O)C3O)c2n1. The Bertz CT molecular complexity index is 1130. The Hall–Kier alpha value is -2.31. The minimum atomic E-state index is -1.02. The molecule has 2 saturated carbocycles. The van der Waals surface area contributed by atoms with Gasteiger partial charge in [0.15, 0.2) is 22.1 Å². The van der Waals surface area contributed by atoms with Gasteiger partial charge in [-0.05, 0) is 24.8 Å². The molecule has 35 heavy (non-hydrogen) atoms. The van der Waals surface area contributed by atoms with Crippen LogP contribution in [0, 0.1) is 5.92 Å². The Kier molecular flexibility index (Phi) is 7.49. The first-order chi connectivity index (χ1) is 17.1. The van der Waals surface area contributed by atoms with Gasteiger partial charge < -0.3 is 25.4 Å². The van der Waals surface area contributed by atoms with Crippen LogP contribution in [0.2, 0.25) is 0 Å². The quantitative estimate of drug-likeness (QED) is 0.176. The molecule has 0 spiro atoms. The van der Waals surface area contributed by atoms with Crippen LogP contribution < -0.4 is 5.32 Å². The first kappa shape index (κ1) is 24.4. The maximum atomic E-state index is 10.8. The largest absolute Gasteiger partial charge is 0.394 e. The van der Waals surface area contributed by atoms with Crippen molar-refractivity contribution < 1.29 is 20.1 Å². The molecule has 0 radical (unpaired) electrons. The van der Waals surface area contributed by atoms with Crippen LogP contribution >= 0.6 is 11.8 Å². The van der Waals surface area contributed by atoms with E-state index in [-0.39, 0.29) is 31.8 Å². The van der Waals surface area contributed by atoms with Gasteiger partial charge in [0.2, 0.25) is 0 Å². The van der Waals surface area contributed by atoms with Gasteiger partial charge in [0.25, 0.3) is 0 Å². The second kappa shape index (κ2) is 10.8. The van der Waals surface area contributed by atoms with Crippen molar-refractivity contribution >= 4 is 28.7 Å². The smallest absolute Gasteiger partial charge is 0.191 e. The van der Waals surface area contributed by atoms with Crippen molar-refractivity contribution in [1.82, 2.24) is 25.0 Å². The molecule has 0 amide bonds. The summed E-state index contributed by atoms with van der Waals surface area (Å²) in [4.78, 5) is 9.49. The molecule has 0 saturated heterocycles. The highest BCUT2D eigenvalue weighted by Gasteiger charge is 2.44. The first-order valence-electron chi connectivity index (χ1n) is 12.2. The number of thioether (sulfide) groups is 1. The van der Waals surface area contributed by atoms with Crippen LogP contribution in [0.1, 0.15) is 43.7 Å². The molecule has 188 valence electrons. The Morgan fingerprint density at radius 3 is 2.74 bits per heavy atom. The number of anilines is 1. The average molecular weight is 501 g/mol. The molecule has 10 nitrogen and oxygen atoms in total. The summed E-state index contributed by atoms with van der Waals surface area (Å²) >= 11 is 1.58. The van der Waals surface area contributed by atoms with E-state index in [4.69, 9.17) is 19.8 Å². The number of rotatable bonds is 11. The van der Waals surface area contributed by atoms with Gasteiger partial charge >= 0.3 is 0 Å². The fourth-order valence-corrected chi connectivity index (χ4v) is 5.49. The minimum Gasteiger partial charge on any atom is -0.394 e. The predicted octanol–water partition coefficient (Wildman–Crippen LogP) is 1.98. The predicted molar refractivity (Wildman–Crippen MR) is 132 cm³/mol. The number of aromatic nitrogens is 5. The Labute approximate surface area is 208 Å². The summed E-state index contributed by atoms with van der Waals surface area (Å²) in [5.41, 5.74) is 2.41. The summed E-state index contributed by atoms with van der Waals surface area (Å²) in [6, 6.07) is 10.2. The van der Waals surface area contributed by atoms with Gasteiger partial charge in [0.1, 0.15) is 6.10 Å². The van der Waals surface area contributed by atoms with E-state index in [1.54, 1.807) is 16.4 Å². The van der Waals surface area contributed by atoms with Crippen molar-refractivity contribution in [3.63, 3.8) is 0 Å². The number of nitrogens with zero attached hydrogens (tertiary/aromatic N) is 5. The number of hydrogen-bond acceptors (Lipinski definition) is 10. The second-order valence-electron chi connectivity index (χ2n) is 9.26. The molecular weight excluding hydrogens is 468 g/mol. The van der Waals surface area contributed by atoms with Crippen LogP contribution in [-0.2, 0) is 4.74 Å². The van der Waals surface area contributed by atoms with E-state index < -0.39 is 18.2 Å². The molecule has 2 aliphatic carbocycles. The molecule has 2 fully saturated rings. The van der Waals surface area contributed by atoms with Crippen molar-refractivity contribution in [1.29, 1.82) is 0 Å². The molecule has 2 aromatic heterocycles. The molecule has 6 unspecified atom stereocenters. The molecule has 5 rings (SSSR count). The third-order valence-electron chi connectivity index (χ3n) is 6.73. The van der Waals surface area contributed by atoms with Crippen molar-refractivity contribution in [2.45, 2.75) is 61.6 Å². The summed E-state index contributed by atoms with van der Waals surface area (Å²) in [6.45, 7) is 2.48. The van der Waals surface area contributed by atoms with Gasteiger partial charge in [-0.25, -0.2) is 14.6 Å². The molecule has 1 aromatic carbocycles. The topological polar surface area (TPSA) is 138 Å². The van der Waals surface area contributed by atoms with Gasteiger partial charge in [-0.1, -0.05) is 54.2 Å². The molecule has 2 aliphatic rings. The van der Waals surface area contributed by atoms with Crippen LogP contribution in [0.3, 0.4) is 0 Å². The highest BCUT2D eigenvalue weighted by Crippen LogP contribution is 2.43. The molecule has 0 aliphatic heterocycles. The highest BCUT2D eigenvalue weighted by molar-refractivity contribution is 7.99. The van der Waals surface area contributed by atoms with Gasteiger partial charge in [-0.2, -0.15) is 0 Å². The molecule has 3 aromatic rings. The average Bonchev–Trinajstić information content (AvgIpc) is 3.43. The zero-order chi connectivity index (χ0) is 24.4. The third kappa shape index (κ3) is 5.14. The Morgan fingerprint density at radius 2 is 1.97 bits per heavy atom. The van der Waals surface area contributed by atoms with Crippen LogP contribution in [0.15, 0.2) is 35.5 Å². The third-order valence-corrected chi connectivity index (χ3v) is 7.78. The summed E-state index contributed by atoms with van der Waals surface area (Å²) in [7, 11) is 0. The van der Waals surface area contributed by atoms with Crippen LogP contribution in [0.25, 0.3) is 11.2 Å². The first-order valence-corrected chi connectivity index (χ1v) is 13.2. The normalized spacial score (nSPS) is 28.0. The summed E-state index contributed by atoms with van der Waals surface area (Å²) in [5, 5.41) is 43.3. The zero-order valence-electron chi connectivity index (χ0n) is 19.7. The van der Waals surface area contributed by atoms with E-state index in [2.05, 4.69) is 46.8 Å². The Balaban J connectivity index is 1.41. The Morgan fingerprint density at radius 1 is 1.14 bits per heavy atom. The number of ether oxygens (including phenoxy) is 1. The standard InChI is InChI=1S/C24H32N6O4S/c1-2-10-35-24-26-22(25-17-12-16(17)14-6-4-3-5-7-14)19-23(27-24)30(29-28-19)18-11-15(13-34-9-8-31)20(32)21(18)33/h3-7,15-18,20-21,31-33H,2,8-13H2,1H3,(H,25,26,27). The molecule has 0 bridgehead atoms. The van der Waals surface area contributed by atoms with E-state index in [0.717, 1.165) is 18.6 Å². The van der Waals surface area contributed by atoms with Crippen molar-refractivity contribution in [2.75, 3.05) is 30.9 Å². The highest BCUT2D eigenvalue weighted by atomic mass is 32.2. The number of benzene rings is 1. The van der Waals surface area contributed by atoms with Gasteiger partial charge in [0.05, 0.1) is 32.0 Å². The van der Waals surface area contributed by atoms with E-state index in [1.165, 1.54) is 5.56 Å². The lowest BCUT2D eigenvalue weighted by atomic mass is 10.1. The molecular formula is C24H32N6O4S. The van der Waals surface area contributed by atoms with Crippen LogP contribution in [0.5, 0.6) is 0 Å². The van der Waals surface area contributed by atoms with Gasteiger partial charge in [-0.15, -0.1) is 5.10 Å². The van der Waals surface area contributed by atoms with E-state index in [0.29, 0.717) is 34.5 Å².